The van der Waals surface area contributed by atoms with Crippen LogP contribution in [0.2, 0.25) is 0 Å². The Morgan fingerprint density at radius 2 is 1.79 bits per heavy atom. The number of aromatic nitrogens is 4. The van der Waals surface area contributed by atoms with Gasteiger partial charge >= 0.3 is 11.7 Å². The summed E-state index contributed by atoms with van der Waals surface area (Å²) in [5.74, 6) is -2.16. The summed E-state index contributed by atoms with van der Waals surface area (Å²) >= 11 is 0. The zero-order valence-electron chi connectivity index (χ0n) is 18.3. The molecule has 0 aliphatic rings. The van der Waals surface area contributed by atoms with Gasteiger partial charge in [-0.1, -0.05) is 24.3 Å². The highest BCUT2D eigenvalue weighted by atomic mass is 19.1. The van der Waals surface area contributed by atoms with E-state index in [2.05, 4.69) is 9.97 Å². The van der Waals surface area contributed by atoms with Gasteiger partial charge in [0.25, 0.3) is 5.91 Å². The number of rotatable bonds is 7. The van der Waals surface area contributed by atoms with Gasteiger partial charge in [-0.2, -0.15) is 0 Å². The summed E-state index contributed by atoms with van der Waals surface area (Å²) in [6.45, 7) is 1.20. The van der Waals surface area contributed by atoms with Crippen LogP contribution in [0, 0.1) is 5.82 Å². The number of fused-ring (bicyclic) bond motifs is 1. The monoisotopic (exact) mass is 465 g/mol. The average Bonchev–Trinajstić information content (AvgIpc) is 3.09. The minimum Gasteiger partial charge on any atom is -0.495 e. The molecule has 1 amide bonds. The summed E-state index contributed by atoms with van der Waals surface area (Å²) in [7, 11) is 1.43. The van der Waals surface area contributed by atoms with Crippen molar-refractivity contribution in [3.05, 3.63) is 70.5 Å². The highest BCUT2D eigenvalue weighted by molar-refractivity contribution is 6.02. The zero-order valence-corrected chi connectivity index (χ0v) is 18.3. The van der Waals surface area contributed by atoms with Crippen molar-refractivity contribution in [2.45, 2.75) is 13.5 Å². The molecular formula is C23H20FN5O5. The molecule has 0 unspecified atom stereocenters. The van der Waals surface area contributed by atoms with Crippen LogP contribution >= 0.6 is 0 Å². The van der Waals surface area contributed by atoms with Gasteiger partial charge in [0.1, 0.15) is 23.6 Å². The van der Waals surface area contributed by atoms with Crippen LogP contribution in [0.25, 0.3) is 28.2 Å². The van der Waals surface area contributed by atoms with Crippen molar-refractivity contribution < 1.29 is 23.5 Å². The molecule has 4 rings (SSSR count). The fraction of sp³-hybridized carbons (Fsp3) is 0.174. The number of nitrogens with zero attached hydrogens (tertiary/aromatic N) is 4. The van der Waals surface area contributed by atoms with Gasteiger partial charge in [-0.05, 0) is 31.2 Å². The first-order valence-corrected chi connectivity index (χ1v) is 10.2. The highest BCUT2D eigenvalue weighted by Gasteiger charge is 2.27. The third-order valence-electron chi connectivity index (χ3n) is 5.04. The molecule has 174 valence electrons. The van der Waals surface area contributed by atoms with E-state index in [1.165, 1.54) is 25.3 Å². The van der Waals surface area contributed by atoms with Gasteiger partial charge in [-0.25, -0.2) is 23.7 Å². The molecule has 2 heterocycles. The lowest BCUT2D eigenvalue weighted by atomic mass is 10.2. The first-order valence-electron chi connectivity index (χ1n) is 10.2. The number of hydrogen-bond acceptors (Lipinski definition) is 7. The third kappa shape index (κ3) is 3.87. The number of methoxy groups -OCH3 is 1. The van der Waals surface area contributed by atoms with Crippen LogP contribution in [0.15, 0.2) is 53.3 Å². The summed E-state index contributed by atoms with van der Waals surface area (Å²) in [5, 5.41) is 0. The van der Waals surface area contributed by atoms with Crippen LogP contribution in [-0.4, -0.2) is 44.7 Å². The Labute approximate surface area is 192 Å². The summed E-state index contributed by atoms with van der Waals surface area (Å²) in [6.07, 6.45) is 0. The maximum atomic E-state index is 14.5. The van der Waals surface area contributed by atoms with E-state index < -0.39 is 29.9 Å². The van der Waals surface area contributed by atoms with Gasteiger partial charge < -0.3 is 15.2 Å². The predicted molar refractivity (Wildman–Crippen MR) is 120 cm³/mol. The number of nitrogens with two attached hydrogens (primary N) is 1. The van der Waals surface area contributed by atoms with E-state index in [1.54, 1.807) is 37.3 Å². The quantitative estimate of drug-likeness (QED) is 0.413. The smallest absolute Gasteiger partial charge is 0.335 e. The lowest BCUT2D eigenvalue weighted by Crippen LogP contribution is -2.28. The molecule has 4 aromatic rings. The van der Waals surface area contributed by atoms with E-state index in [0.29, 0.717) is 5.75 Å². The number of para-hydroxylation sites is 2. The van der Waals surface area contributed by atoms with Crippen LogP contribution < -0.4 is 16.2 Å². The average molecular weight is 465 g/mol. The Bertz CT molecular complexity index is 1480. The maximum absolute atomic E-state index is 14.5. The zero-order chi connectivity index (χ0) is 24.4. The van der Waals surface area contributed by atoms with Gasteiger partial charge in [0.15, 0.2) is 17.2 Å². The number of imidazole rings is 1. The number of carbonyl (C=O) groups excluding carboxylic acids is 2. The normalized spacial score (nSPS) is 10.9. The van der Waals surface area contributed by atoms with Gasteiger partial charge in [0.05, 0.1) is 25.0 Å². The standard InChI is InChI=1S/C23H20FN5O5/c1-3-34-17(30)12-28-19-18(20(25)31)26-21(13-8-4-5-9-14(13)24)27-22(19)29(23(28)32)15-10-6-7-11-16(15)33-2/h4-11H,3,12H2,1-2H3,(H2,25,31). The fourth-order valence-electron chi connectivity index (χ4n) is 3.60. The van der Waals surface area contributed by atoms with Crippen molar-refractivity contribution in [1.29, 1.82) is 0 Å². The predicted octanol–water partition coefficient (Wildman–Crippen LogP) is 2.06. The molecule has 0 saturated carbocycles. The van der Waals surface area contributed by atoms with Crippen LogP contribution in [0.4, 0.5) is 4.39 Å². The number of hydrogen-bond donors (Lipinski definition) is 1. The van der Waals surface area contributed by atoms with Gasteiger partial charge in [0.2, 0.25) is 0 Å². The molecule has 0 saturated heterocycles. The van der Waals surface area contributed by atoms with Gasteiger partial charge in [-0.15, -0.1) is 0 Å². The molecule has 0 bridgehead atoms. The van der Waals surface area contributed by atoms with E-state index in [9.17, 15) is 18.8 Å². The molecule has 0 radical (unpaired) electrons. The SMILES string of the molecule is CCOC(=O)Cn1c(=O)n(-c2ccccc2OC)c2nc(-c3ccccc3F)nc(C(N)=O)c21. The summed E-state index contributed by atoms with van der Waals surface area (Å²) in [4.78, 5) is 46.8. The number of ether oxygens (including phenoxy) is 2. The number of halogens is 1. The van der Waals surface area contributed by atoms with Crippen molar-refractivity contribution in [1.82, 2.24) is 19.1 Å². The van der Waals surface area contributed by atoms with Crippen molar-refractivity contribution in [3.8, 4) is 22.8 Å². The summed E-state index contributed by atoms with van der Waals surface area (Å²) in [5.41, 5.74) is 4.68. The van der Waals surface area contributed by atoms with Crippen LogP contribution in [0.5, 0.6) is 5.75 Å². The molecule has 0 fully saturated rings. The Morgan fingerprint density at radius 1 is 1.09 bits per heavy atom. The molecular weight excluding hydrogens is 445 g/mol. The fourth-order valence-corrected chi connectivity index (χ4v) is 3.60. The Balaban J connectivity index is 2.14. The molecule has 11 heteroatoms. The van der Waals surface area contributed by atoms with Crippen molar-refractivity contribution in [2.75, 3.05) is 13.7 Å². The van der Waals surface area contributed by atoms with E-state index in [0.717, 1.165) is 9.13 Å². The number of esters is 1. The van der Waals surface area contributed by atoms with Crippen LogP contribution in [0.3, 0.4) is 0 Å². The van der Waals surface area contributed by atoms with E-state index in [-0.39, 0.29) is 40.5 Å². The molecule has 34 heavy (non-hydrogen) atoms. The molecule has 0 spiro atoms. The van der Waals surface area contributed by atoms with Gasteiger partial charge in [-0.3, -0.25) is 14.2 Å². The van der Waals surface area contributed by atoms with Crippen molar-refractivity contribution >= 4 is 23.0 Å². The first-order chi connectivity index (χ1) is 16.4. The third-order valence-corrected chi connectivity index (χ3v) is 5.04. The molecule has 2 N–H and O–H groups in total. The van der Waals surface area contributed by atoms with Crippen molar-refractivity contribution in [2.24, 2.45) is 5.73 Å². The summed E-state index contributed by atoms with van der Waals surface area (Å²) < 4.78 is 27.1. The number of benzene rings is 2. The van der Waals surface area contributed by atoms with E-state index in [4.69, 9.17) is 15.2 Å². The summed E-state index contributed by atoms with van der Waals surface area (Å²) in [6, 6.07) is 12.3. The maximum Gasteiger partial charge on any atom is 0.335 e. The van der Waals surface area contributed by atoms with Crippen molar-refractivity contribution in [3.63, 3.8) is 0 Å². The topological polar surface area (TPSA) is 131 Å². The van der Waals surface area contributed by atoms with Gasteiger partial charge in [0, 0.05) is 0 Å². The van der Waals surface area contributed by atoms with Crippen LogP contribution in [-0.2, 0) is 16.1 Å². The van der Waals surface area contributed by atoms with Crippen LogP contribution in [0.1, 0.15) is 17.4 Å². The molecule has 0 aliphatic carbocycles. The Kier molecular flexibility index (Phi) is 6.09. The lowest BCUT2D eigenvalue weighted by molar-refractivity contribution is -0.143. The second-order valence-corrected chi connectivity index (χ2v) is 7.09. The molecule has 2 aromatic carbocycles. The number of primary amides is 1. The minimum atomic E-state index is -0.986. The molecule has 0 atom stereocenters. The second-order valence-electron chi connectivity index (χ2n) is 7.09. The first kappa shape index (κ1) is 22.6. The minimum absolute atomic E-state index is 0.00377. The second kappa shape index (κ2) is 9.14. The van der Waals surface area contributed by atoms with E-state index in [1.807, 2.05) is 0 Å². The Morgan fingerprint density at radius 3 is 2.47 bits per heavy atom. The molecule has 0 aliphatic heterocycles. The van der Waals surface area contributed by atoms with E-state index >= 15 is 0 Å². The number of carbonyl (C=O) groups is 2. The largest absolute Gasteiger partial charge is 0.495 e. The highest BCUT2D eigenvalue weighted by Crippen LogP contribution is 2.28. The molecule has 2 aromatic heterocycles. The molecule has 10 nitrogen and oxygen atoms in total. The Hall–Kier alpha value is -4.54. The lowest BCUT2D eigenvalue weighted by Gasteiger charge is -2.10. The number of amides is 1.